The first-order valence-electron chi connectivity index (χ1n) is 5.93. The molecular formula is C13H21NO3. The fourth-order valence-electron chi connectivity index (χ4n) is 1.70. The fourth-order valence-corrected chi connectivity index (χ4v) is 1.70. The summed E-state index contributed by atoms with van der Waals surface area (Å²) in [5.74, 6) is 0.211. The Morgan fingerprint density at radius 3 is 2.53 bits per heavy atom. The molecule has 0 aromatic heterocycles. The van der Waals surface area contributed by atoms with Crippen molar-refractivity contribution < 1.29 is 14.3 Å². The Labute approximate surface area is 103 Å². The van der Waals surface area contributed by atoms with E-state index in [4.69, 9.17) is 4.74 Å². The second-order valence-corrected chi connectivity index (χ2v) is 5.81. The molecule has 2 amide bonds. The summed E-state index contributed by atoms with van der Waals surface area (Å²) in [5.41, 5.74) is 0.425. The molecule has 0 radical (unpaired) electrons. The third-order valence-electron chi connectivity index (χ3n) is 2.24. The maximum atomic E-state index is 11.8. The Bertz CT molecular complexity index is 350. The Kier molecular flexibility index (Phi) is 3.96. The van der Waals surface area contributed by atoms with Gasteiger partial charge < -0.3 is 4.74 Å². The molecule has 0 N–H and O–H groups in total. The van der Waals surface area contributed by atoms with Gasteiger partial charge in [-0.1, -0.05) is 13.8 Å². The number of rotatable bonds is 2. The van der Waals surface area contributed by atoms with Crippen LogP contribution in [0.4, 0.5) is 4.79 Å². The summed E-state index contributed by atoms with van der Waals surface area (Å²) < 4.78 is 5.18. The van der Waals surface area contributed by atoms with E-state index in [1.807, 2.05) is 0 Å². The van der Waals surface area contributed by atoms with E-state index in [2.05, 4.69) is 13.8 Å². The lowest BCUT2D eigenvalue weighted by molar-refractivity contribution is -0.123. The van der Waals surface area contributed by atoms with Crippen LogP contribution in [0, 0.1) is 5.92 Å². The van der Waals surface area contributed by atoms with E-state index in [0.29, 0.717) is 12.5 Å². The fraction of sp³-hybridized carbons (Fsp3) is 0.692. The number of carbonyl (C=O) groups is 2. The van der Waals surface area contributed by atoms with E-state index >= 15 is 0 Å². The number of carbonyl (C=O) groups excluding carboxylic acids is 2. The third-order valence-corrected chi connectivity index (χ3v) is 2.24. The molecule has 4 nitrogen and oxygen atoms in total. The maximum Gasteiger partial charge on any atom is 0.417 e. The largest absolute Gasteiger partial charge is 0.443 e. The Balaban J connectivity index is 2.60. The van der Waals surface area contributed by atoms with Crippen LogP contribution in [0.25, 0.3) is 0 Å². The summed E-state index contributed by atoms with van der Waals surface area (Å²) >= 11 is 0. The van der Waals surface area contributed by atoms with E-state index in [1.54, 1.807) is 26.8 Å². The van der Waals surface area contributed by atoms with Crippen molar-refractivity contribution in [3.05, 3.63) is 11.6 Å². The molecule has 0 aromatic rings. The normalized spacial score (nSPS) is 16.5. The Hall–Kier alpha value is -1.32. The van der Waals surface area contributed by atoms with Gasteiger partial charge >= 0.3 is 6.09 Å². The van der Waals surface area contributed by atoms with Crippen molar-refractivity contribution in [2.24, 2.45) is 5.92 Å². The molecule has 1 rings (SSSR count). The van der Waals surface area contributed by atoms with E-state index in [1.165, 1.54) is 0 Å². The zero-order chi connectivity index (χ0) is 13.2. The second-order valence-electron chi connectivity index (χ2n) is 5.81. The van der Waals surface area contributed by atoms with Crippen molar-refractivity contribution in [1.29, 1.82) is 0 Å². The zero-order valence-corrected chi connectivity index (χ0v) is 11.2. The Morgan fingerprint density at radius 1 is 1.47 bits per heavy atom. The van der Waals surface area contributed by atoms with Crippen LogP contribution in [0.1, 0.15) is 41.0 Å². The number of imide groups is 1. The average molecular weight is 239 g/mol. The molecule has 17 heavy (non-hydrogen) atoms. The van der Waals surface area contributed by atoms with E-state index in [0.717, 1.165) is 16.9 Å². The molecule has 0 fully saturated rings. The molecule has 96 valence electrons. The average Bonchev–Trinajstić information content (AvgIpc) is 2.42. The Morgan fingerprint density at radius 2 is 2.06 bits per heavy atom. The van der Waals surface area contributed by atoms with Crippen molar-refractivity contribution >= 4 is 12.0 Å². The number of hydrogen-bond acceptors (Lipinski definition) is 3. The molecule has 0 unspecified atom stereocenters. The summed E-state index contributed by atoms with van der Waals surface area (Å²) in [6.07, 6.45) is 1.83. The highest BCUT2D eigenvalue weighted by atomic mass is 16.6. The predicted octanol–water partition coefficient (Wildman–Crippen LogP) is 2.74. The molecule has 0 spiro atoms. The topological polar surface area (TPSA) is 46.6 Å². The van der Waals surface area contributed by atoms with Gasteiger partial charge in [-0.2, -0.15) is 0 Å². The van der Waals surface area contributed by atoms with Gasteiger partial charge in [0, 0.05) is 6.08 Å². The van der Waals surface area contributed by atoms with E-state index in [9.17, 15) is 9.59 Å². The van der Waals surface area contributed by atoms with Gasteiger partial charge in [-0.15, -0.1) is 0 Å². The van der Waals surface area contributed by atoms with Crippen LogP contribution in [-0.2, 0) is 9.53 Å². The van der Waals surface area contributed by atoms with Gasteiger partial charge in [0.15, 0.2) is 0 Å². The summed E-state index contributed by atoms with van der Waals surface area (Å²) in [4.78, 5) is 24.6. The van der Waals surface area contributed by atoms with Gasteiger partial charge in [0.1, 0.15) is 5.60 Å². The van der Waals surface area contributed by atoms with Gasteiger partial charge in [0.05, 0.1) is 6.54 Å². The summed E-state index contributed by atoms with van der Waals surface area (Å²) in [6, 6.07) is 0. The molecule has 1 heterocycles. The molecule has 0 saturated heterocycles. The molecule has 4 heteroatoms. The second kappa shape index (κ2) is 4.90. The van der Waals surface area contributed by atoms with Gasteiger partial charge in [-0.3, -0.25) is 4.79 Å². The standard InChI is InChI=1S/C13H21NO3/c1-9(2)6-10-7-11(15)14(8-10)12(16)17-13(3,4)5/h7,9H,6,8H2,1-5H3. The number of nitrogens with zero attached hydrogens (tertiary/aromatic N) is 1. The van der Waals surface area contributed by atoms with Crippen molar-refractivity contribution in [3.8, 4) is 0 Å². The molecule has 0 saturated carbocycles. The molecule has 0 aromatic carbocycles. The quantitative estimate of drug-likeness (QED) is 0.744. The summed E-state index contributed by atoms with van der Waals surface area (Å²) in [5, 5.41) is 0. The number of hydrogen-bond donors (Lipinski definition) is 0. The minimum Gasteiger partial charge on any atom is -0.443 e. The van der Waals surface area contributed by atoms with Crippen molar-refractivity contribution in [2.45, 2.75) is 46.6 Å². The smallest absolute Gasteiger partial charge is 0.417 e. The van der Waals surface area contributed by atoms with Crippen molar-refractivity contribution in [2.75, 3.05) is 6.54 Å². The highest BCUT2D eigenvalue weighted by molar-refractivity contribution is 6.01. The molecule has 0 aliphatic carbocycles. The van der Waals surface area contributed by atoms with Crippen LogP contribution in [0.15, 0.2) is 11.6 Å². The van der Waals surface area contributed by atoms with Gasteiger partial charge in [-0.05, 0) is 38.7 Å². The summed E-state index contributed by atoms with van der Waals surface area (Å²) in [7, 11) is 0. The third kappa shape index (κ3) is 4.21. The molecular weight excluding hydrogens is 218 g/mol. The first-order chi connectivity index (χ1) is 7.69. The first-order valence-corrected chi connectivity index (χ1v) is 5.93. The number of amides is 2. The van der Waals surface area contributed by atoms with Crippen molar-refractivity contribution in [1.82, 2.24) is 4.90 Å². The summed E-state index contributed by atoms with van der Waals surface area (Å²) in [6.45, 7) is 9.89. The van der Waals surface area contributed by atoms with Crippen LogP contribution < -0.4 is 0 Å². The van der Waals surface area contributed by atoms with Crippen LogP contribution in [0.2, 0.25) is 0 Å². The molecule has 0 atom stereocenters. The van der Waals surface area contributed by atoms with Crippen LogP contribution >= 0.6 is 0 Å². The van der Waals surface area contributed by atoms with E-state index < -0.39 is 11.7 Å². The molecule has 1 aliphatic heterocycles. The van der Waals surface area contributed by atoms with Gasteiger partial charge in [0.25, 0.3) is 5.91 Å². The lowest BCUT2D eigenvalue weighted by Gasteiger charge is -2.23. The SMILES string of the molecule is CC(C)CC1=CC(=O)N(C(=O)OC(C)(C)C)C1. The molecule has 1 aliphatic rings. The van der Waals surface area contributed by atoms with E-state index in [-0.39, 0.29) is 5.91 Å². The highest BCUT2D eigenvalue weighted by Crippen LogP contribution is 2.20. The minimum absolute atomic E-state index is 0.269. The van der Waals surface area contributed by atoms with Gasteiger partial charge in [-0.25, -0.2) is 9.69 Å². The first kappa shape index (κ1) is 13.7. The van der Waals surface area contributed by atoms with Gasteiger partial charge in [0.2, 0.25) is 0 Å². The van der Waals surface area contributed by atoms with Crippen molar-refractivity contribution in [3.63, 3.8) is 0 Å². The van der Waals surface area contributed by atoms with Crippen LogP contribution in [0.5, 0.6) is 0 Å². The monoisotopic (exact) mass is 239 g/mol. The zero-order valence-electron chi connectivity index (χ0n) is 11.2. The minimum atomic E-state index is -0.571. The number of ether oxygens (including phenoxy) is 1. The maximum absolute atomic E-state index is 11.8. The lowest BCUT2D eigenvalue weighted by atomic mass is 10.0. The van der Waals surface area contributed by atoms with Crippen LogP contribution in [-0.4, -0.2) is 29.0 Å². The predicted molar refractivity (Wildman–Crippen MR) is 65.5 cm³/mol. The highest BCUT2D eigenvalue weighted by Gasteiger charge is 2.31. The lowest BCUT2D eigenvalue weighted by Crippen LogP contribution is -2.38. The van der Waals surface area contributed by atoms with Crippen LogP contribution in [0.3, 0.4) is 0 Å². The molecule has 0 bridgehead atoms.